The van der Waals surface area contributed by atoms with Gasteiger partial charge in [0.05, 0.1) is 13.2 Å². The summed E-state index contributed by atoms with van der Waals surface area (Å²) in [5.41, 5.74) is 0. The van der Waals surface area contributed by atoms with E-state index in [1.807, 2.05) is 13.8 Å². The maximum Gasteiger partial charge on any atom is 0.348 e. The molecule has 0 fully saturated rings. The van der Waals surface area contributed by atoms with Crippen molar-refractivity contribution in [3.8, 4) is 6.26 Å². The number of carbonyl (C=O) groups excluding carboxylic acids is 2. The van der Waals surface area contributed by atoms with Crippen molar-refractivity contribution in [3.63, 3.8) is 0 Å². The molecule has 0 heterocycles. The minimum Gasteiger partial charge on any atom is -0.466 e. The summed E-state index contributed by atoms with van der Waals surface area (Å²) in [5.74, 6) is -1.01. The molecule has 1 atom stereocenters. The number of esters is 2. The highest BCUT2D eigenvalue weighted by Gasteiger charge is 2.23. The van der Waals surface area contributed by atoms with Crippen molar-refractivity contribution in [3.05, 3.63) is 0 Å². The minimum atomic E-state index is -1.03. The van der Waals surface area contributed by atoms with Gasteiger partial charge in [0, 0.05) is 12.8 Å². The molecule has 0 N–H and O–H groups in total. The van der Waals surface area contributed by atoms with E-state index in [2.05, 4.69) is 4.74 Å². The summed E-state index contributed by atoms with van der Waals surface area (Å²) in [4.78, 5) is 23.0. The Morgan fingerprint density at radius 2 is 1.70 bits per heavy atom. The van der Waals surface area contributed by atoms with Gasteiger partial charge < -0.3 is 14.2 Å². The molecule has 114 valence electrons. The molecule has 0 rings (SSSR count). The van der Waals surface area contributed by atoms with Gasteiger partial charge in [0.1, 0.15) is 0 Å². The van der Waals surface area contributed by atoms with Crippen molar-refractivity contribution in [2.24, 2.45) is 0 Å². The summed E-state index contributed by atoms with van der Waals surface area (Å²) in [6.45, 7) is 4.64. The van der Waals surface area contributed by atoms with Gasteiger partial charge in [-0.25, -0.2) is 4.79 Å². The molecule has 0 saturated carbocycles. The maximum absolute atomic E-state index is 11.6. The van der Waals surface area contributed by atoms with Gasteiger partial charge in [-0.2, -0.15) is 5.26 Å². The molecular weight excluding hydrogens is 262 g/mol. The fourth-order valence-corrected chi connectivity index (χ4v) is 1.35. The summed E-state index contributed by atoms with van der Waals surface area (Å²) < 4.78 is 14.6. The molecule has 20 heavy (non-hydrogen) atoms. The first-order valence-corrected chi connectivity index (χ1v) is 7.02. The van der Waals surface area contributed by atoms with Crippen molar-refractivity contribution in [2.45, 2.75) is 58.5 Å². The first kappa shape index (κ1) is 18.2. The molecular formula is C14H23NO5. The van der Waals surface area contributed by atoms with E-state index in [0.717, 1.165) is 25.7 Å². The molecule has 6 nitrogen and oxygen atoms in total. The Kier molecular flexibility index (Phi) is 11.2. The van der Waals surface area contributed by atoms with Crippen LogP contribution in [-0.4, -0.2) is 31.3 Å². The molecule has 0 aliphatic heterocycles. The van der Waals surface area contributed by atoms with Crippen LogP contribution < -0.4 is 0 Å². The molecule has 0 aromatic carbocycles. The lowest BCUT2D eigenvalue weighted by atomic mass is 10.2. The van der Waals surface area contributed by atoms with E-state index in [4.69, 9.17) is 14.7 Å². The molecule has 0 radical (unpaired) electrons. The van der Waals surface area contributed by atoms with E-state index < -0.39 is 18.0 Å². The topological polar surface area (TPSA) is 85.6 Å². The molecule has 0 bridgehead atoms. The standard InChI is InChI=1S/C14H23NO5/c1-3-5-9-18-13(16)8-7-12(20-11-15)14(17)19-10-6-4-2/h12H,3-10H2,1-2H3. The third kappa shape index (κ3) is 9.20. The van der Waals surface area contributed by atoms with Gasteiger partial charge in [-0.1, -0.05) is 26.7 Å². The van der Waals surface area contributed by atoms with Crippen molar-refractivity contribution in [1.29, 1.82) is 5.26 Å². The first-order chi connectivity index (χ1) is 9.65. The average molecular weight is 285 g/mol. The van der Waals surface area contributed by atoms with Crippen LogP contribution >= 0.6 is 0 Å². The second-order valence-electron chi connectivity index (χ2n) is 4.33. The van der Waals surface area contributed by atoms with Crippen molar-refractivity contribution in [1.82, 2.24) is 0 Å². The smallest absolute Gasteiger partial charge is 0.348 e. The Balaban J connectivity index is 4.03. The lowest BCUT2D eigenvalue weighted by Crippen LogP contribution is -2.26. The predicted octanol–water partition coefficient (Wildman–Crippen LogP) is 2.32. The van der Waals surface area contributed by atoms with Crippen molar-refractivity contribution in [2.75, 3.05) is 13.2 Å². The van der Waals surface area contributed by atoms with Crippen LogP contribution in [0, 0.1) is 11.5 Å². The van der Waals surface area contributed by atoms with Crippen molar-refractivity contribution >= 4 is 11.9 Å². The predicted molar refractivity (Wildman–Crippen MR) is 71.5 cm³/mol. The Morgan fingerprint density at radius 1 is 1.10 bits per heavy atom. The van der Waals surface area contributed by atoms with Crippen LogP contribution in [-0.2, 0) is 23.8 Å². The minimum absolute atomic E-state index is 0.0267. The second-order valence-corrected chi connectivity index (χ2v) is 4.33. The van der Waals surface area contributed by atoms with E-state index in [1.165, 1.54) is 6.26 Å². The summed E-state index contributed by atoms with van der Waals surface area (Å²) in [6.07, 6.45) is 3.95. The van der Waals surface area contributed by atoms with Crippen LogP contribution in [0.15, 0.2) is 0 Å². The van der Waals surface area contributed by atoms with E-state index in [0.29, 0.717) is 13.2 Å². The monoisotopic (exact) mass is 285 g/mol. The molecule has 0 aromatic rings. The summed E-state index contributed by atoms with van der Waals surface area (Å²) in [7, 11) is 0. The number of hydrogen-bond donors (Lipinski definition) is 0. The fraction of sp³-hybridized carbons (Fsp3) is 0.786. The molecule has 0 spiro atoms. The summed E-state index contributed by atoms with van der Waals surface area (Å²) in [5, 5.41) is 8.50. The highest BCUT2D eigenvalue weighted by atomic mass is 16.6. The summed E-state index contributed by atoms with van der Waals surface area (Å²) in [6, 6.07) is 0. The second kappa shape index (κ2) is 12.3. The maximum atomic E-state index is 11.6. The van der Waals surface area contributed by atoms with Crippen LogP contribution in [0.1, 0.15) is 52.4 Å². The Bertz CT molecular complexity index is 324. The molecule has 0 aliphatic carbocycles. The van der Waals surface area contributed by atoms with E-state index in [9.17, 15) is 9.59 Å². The molecule has 0 saturated heterocycles. The van der Waals surface area contributed by atoms with Gasteiger partial charge in [0.25, 0.3) is 6.26 Å². The molecule has 6 heteroatoms. The highest BCUT2D eigenvalue weighted by Crippen LogP contribution is 2.07. The first-order valence-electron chi connectivity index (χ1n) is 7.02. The van der Waals surface area contributed by atoms with Gasteiger partial charge in [-0.3, -0.25) is 4.79 Å². The quantitative estimate of drug-likeness (QED) is 0.329. The Hall–Kier alpha value is -1.77. The van der Waals surface area contributed by atoms with Gasteiger partial charge in [0.15, 0.2) is 0 Å². The number of unbranched alkanes of at least 4 members (excludes halogenated alkanes) is 2. The van der Waals surface area contributed by atoms with E-state index in [1.54, 1.807) is 0 Å². The lowest BCUT2D eigenvalue weighted by Gasteiger charge is -2.12. The zero-order valence-electron chi connectivity index (χ0n) is 12.2. The number of hydrogen-bond acceptors (Lipinski definition) is 6. The number of ether oxygens (including phenoxy) is 3. The SMILES string of the molecule is CCCCOC(=O)CCC(OC#N)C(=O)OCCCC. The number of carbonyl (C=O) groups is 2. The normalized spacial score (nSPS) is 11.2. The lowest BCUT2D eigenvalue weighted by molar-refractivity contribution is -0.154. The largest absolute Gasteiger partial charge is 0.466 e. The van der Waals surface area contributed by atoms with Crippen LogP contribution in [0.4, 0.5) is 0 Å². The van der Waals surface area contributed by atoms with Crippen molar-refractivity contribution < 1.29 is 23.8 Å². The Morgan fingerprint density at radius 3 is 2.25 bits per heavy atom. The molecule has 0 aliphatic rings. The van der Waals surface area contributed by atoms with Crippen LogP contribution in [0.5, 0.6) is 0 Å². The van der Waals surface area contributed by atoms with Gasteiger partial charge in [0.2, 0.25) is 6.10 Å². The number of nitrogens with zero attached hydrogens (tertiary/aromatic N) is 1. The molecule has 1 unspecified atom stereocenters. The third-order valence-corrected chi connectivity index (χ3v) is 2.57. The van der Waals surface area contributed by atoms with Gasteiger partial charge in [-0.15, -0.1) is 0 Å². The Labute approximate surface area is 120 Å². The highest BCUT2D eigenvalue weighted by molar-refractivity contribution is 5.76. The fourth-order valence-electron chi connectivity index (χ4n) is 1.35. The van der Waals surface area contributed by atoms with Gasteiger partial charge in [-0.05, 0) is 12.8 Å². The van der Waals surface area contributed by atoms with Crippen LogP contribution in [0.2, 0.25) is 0 Å². The average Bonchev–Trinajstić information content (AvgIpc) is 2.43. The molecule has 0 amide bonds. The van der Waals surface area contributed by atoms with Crippen LogP contribution in [0.25, 0.3) is 0 Å². The zero-order chi connectivity index (χ0) is 15.2. The summed E-state index contributed by atoms with van der Waals surface area (Å²) >= 11 is 0. The molecule has 0 aromatic heterocycles. The van der Waals surface area contributed by atoms with Gasteiger partial charge >= 0.3 is 11.9 Å². The zero-order valence-corrected chi connectivity index (χ0v) is 12.2. The van der Waals surface area contributed by atoms with E-state index >= 15 is 0 Å². The number of nitriles is 1. The van der Waals surface area contributed by atoms with E-state index in [-0.39, 0.29) is 12.8 Å². The van der Waals surface area contributed by atoms with Crippen LogP contribution in [0.3, 0.4) is 0 Å². The third-order valence-electron chi connectivity index (χ3n) is 2.57. The number of rotatable bonds is 11.